The number of aryl methyl sites for hydroxylation is 1. The molecule has 0 atom stereocenters. The minimum Gasteiger partial charge on any atom is -0.493 e. The standard InChI is InChI=1S/C30H28N2O5/c1-21-18-32(20-31-21)26-10-13-28(14-11-26)36-19-25-7-5-4-6-24(25)17-27(34)12-8-23-9-15-29(35-3)30(16-23)37-22(2)33/h4-16,18,20H,17,19H2,1-3H3/b12-8+. The number of hydrogen-bond donors (Lipinski definition) is 0. The molecule has 0 saturated carbocycles. The van der Waals surface area contributed by atoms with Gasteiger partial charge in [0.1, 0.15) is 12.4 Å². The Hall–Kier alpha value is -4.65. The van der Waals surface area contributed by atoms with Gasteiger partial charge >= 0.3 is 5.97 Å². The summed E-state index contributed by atoms with van der Waals surface area (Å²) >= 11 is 0. The summed E-state index contributed by atoms with van der Waals surface area (Å²) in [5.74, 6) is 0.986. The predicted octanol–water partition coefficient (Wildman–Crippen LogP) is 5.52. The highest BCUT2D eigenvalue weighted by atomic mass is 16.6. The number of allylic oxidation sites excluding steroid dienone is 1. The van der Waals surface area contributed by atoms with Crippen molar-refractivity contribution in [1.29, 1.82) is 0 Å². The number of nitrogens with zero attached hydrogens (tertiary/aromatic N) is 2. The van der Waals surface area contributed by atoms with E-state index in [-0.39, 0.29) is 12.2 Å². The number of imidazole rings is 1. The number of aromatic nitrogens is 2. The SMILES string of the molecule is COc1ccc(/C=C/C(=O)Cc2ccccc2COc2ccc(-n3cnc(C)c3)cc2)cc1OC(C)=O. The Morgan fingerprint density at radius 1 is 0.973 bits per heavy atom. The van der Waals surface area contributed by atoms with Crippen molar-refractivity contribution in [2.45, 2.75) is 26.9 Å². The fraction of sp³-hybridized carbons (Fsp3) is 0.167. The maximum Gasteiger partial charge on any atom is 0.308 e. The maximum atomic E-state index is 12.7. The molecule has 3 aromatic carbocycles. The van der Waals surface area contributed by atoms with Gasteiger partial charge in [0.15, 0.2) is 17.3 Å². The van der Waals surface area contributed by atoms with Gasteiger partial charge in [-0.15, -0.1) is 0 Å². The van der Waals surface area contributed by atoms with Crippen LogP contribution >= 0.6 is 0 Å². The van der Waals surface area contributed by atoms with Gasteiger partial charge in [0.2, 0.25) is 0 Å². The predicted molar refractivity (Wildman–Crippen MR) is 141 cm³/mol. The Bertz CT molecular complexity index is 1420. The zero-order chi connectivity index (χ0) is 26.2. The van der Waals surface area contributed by atoms with E-state index in [0.29, 0.717) is 18.1 Å². The molecule has 0 N–H and O–H groups in total. The van der Waals surface area contributed by atoms with E-state index >= 15 is 0 Å². The van der Waals surface area contributed by atoms with Gasteiger partial charge in [-0.1, -0.05) is 36.4 Å². The molecule has 0 amide bonds. The number of benzene rings is 3. The van der Waals surface area contributed by atoms with Crippen LogP contribution in [0.4, 0.5) is 0 Å². The summed E-state index contributed by atoms with van der Waals surface area (Å²) in [5.41, 5.74) is 4.52. The van der Waals surface area contributed by atoms with Gasteiger partial charge in [-0.2, -0.15) is 0 Å². The second-order valence-electron chi connectivity index (χ2n) is 8.45. The van der Waals surface area contributed by atoms with Gasteiger partial charge in [-0.3, -0.25) is 9.59 Å². The van der Waals surface area contributed by atoms with Crippen LogP contribution in [-0.4, -0.2) is 28.4 Å². The highest BCUT2D eigenvalue weighted by molar-refractivity contribution is 5.95. The zero-order valence-electron chi connectivity index (χ0n) is 21.0. The molecule has 0 aliphatic heterocycles. The largest absolute Gasteiger partial charge is 0.493 e. The van der Waals surface area contributed by atoms with E-state index in [9.17, 15) is 9.59 Å². The van der Waals surface area contributed by atoms with Crippen LogP contribution in [0.2, 0.25) is 0 Å². The molecule has 1 aromatic heterocycles. The highest BCUT2D eigenvalue weighted by Gasteiger charge is 2.09. The van der Waals surface area contributed by atoms with Gasteiger partial charge in [-0.25, -0.2) is 4.98 Å². The van der Waals surface area contributed by atoms with Crippen molar-refractivity contribution in [2.24, 2.45) is 0 Å². The molecule has 0 fully saturated rings. The number of ether oxygens (including phenoxy) is 3. The summed E-state index contributed by atoms with van der Waals surface area (Å²) in [4.78, 5) is 28.3. The molecule has 0 saturated heterocycles. The lowest BCUT2D eigenvalue weighted by atomic mass is 10.0. The summed E-state index contributed by atoms with van der Waals surface area (Å²) in [7, 11) is 1.50. The third-order valence-corrected chi connectivity index (χ3v) is 5.63. The molecule has 188 valence electrons. The number of esters is 1. The van der Waals surface area contributed by atoms with E-state index in [1.54, 1.807) is 30.6 Å². The summed E-state index contributed by atoms with van der Waals surface area (Å²) < 4.78 is 18.4. The van der Waals surface area contributed by atoms with E-state index in [1.165, 1.54) is 20.1 Å². The first kappa shape index (κ1) is 25.4. The molecule has 0 radical (unpaired) electrons. The van der Waals surface area contributed by atoms with Gasteiger partial charge in [-0.05, 0) is 66.1 Å². The molecule has 1 heterocycles. The molecule has 0 spiro atoms. The number of ketones is 1. The second kappa shape index (κ2) is 11.9. The maximum absolute atomic E-state index is 12.7. The topological polar surface area (TPSA) is 79.7 Å². The van der Waals surface area contributed by atoms with Crippen molar-refractivity contribution in [1.82, 2.24) is 9.55 Å². The van der Waals surface area contributed by atoms with Crippen LogP contribution in [0.15, 0.2) is 85.3 Å². The van der Waals surface area contributed by atoms with Crippen LogP contribution in [0.25, 0.3) is 11.8 Å². The molecule has 4 aromatic rings. The average Bonchev–Trinajstić information content (AvgIpc) is 3.33. The van der Waals surface area contributed by atoms with Crippen LogP contribution in [0, 0.1) is 6.92 Å². The number of hydrogen-bond acceptors (Lipinski definition) is 6. The third kappa shape index (κ3) is 6.95. The monoisotopic (exact) mass is 496 g/mol. The number of rotatable bonds is 10. The van der Waals surface area contributed by atoms with Crippen LogP contribution in [-0.2, 0) is 22.6 Å². The Kier molecular flexibility index (Phi) is 8.15. The van der Waals surface area contributed by atoms with E-state index < -0.39 is 5.97 Å². The molecule has 0 unspecified atom stereocenters. The van der Waals surface area contributed by atoms with E-state index in [4.69, 9.17) is 14.2 Å². The lowest BCUT2D eigenvalue weighted by molar-refractivity contribution is -0.132. The van der Waals surface area contributed by atoms with Crippen molar-refractivity contribution >= 4 is 17.8 Å². The van der Waals surface area contributed by atoms with Crippen LogP contribution < -0.4 is 14.2 Å². The van der Waals surface area contributed by atoms with Gasteiger partial charge < -0.3 is 18.8 Å². The molecular weight excluding hydrogens is 468 g/mol. The van der Waals surface area contributed by atoms with Crippen molar-refractivity contribution in [3.8, 4) is 22.9 Å². The van der Waals surface area contributed by atoms with Crippen LogP contribution in [0.1, 0.15) is 29.3 Å². The lowest BCUT2D eigenvalue weighted by Crippen LogP contribution is -2.05. The molecule has 37 heavy (non-hydrogen) atoms. The molecule has 7 heteroatoms. The van der Waals surface area contributed by atoms with Crippen LogP contribution in [0.3, 0.4) is 0 Å². The quantitative estimate of drug-likeness (QED) is 0.163. The number of carbonyl (C=O) groups excluding carboxylic acids is 2. The summed E-state index contributed by atoms with van der Waals surface area (Å²) in [6, 6.07) is 20.7. The fourth-order valence-electron chi connectivity index (χ4n) is 3.78. The lowest BCUT2D eigenvalue weighted by Gasteiger charge is -2.11. The summed E-state index contributed by atoms with van der Waals surface area (Å²) in [6.45, 7) is 3.62. The van der Waals surface area contributed by atoms with Crippen molar-refractivity contribution in [3.63, 3.8) is 0 Å². The zero-order valence-corrected chi connectivity index (χ0v) is 21.0. The van der Waals surface area contributed by atoms with E-state index in [1.807, 2.05) is 66.2 Å². The molecule has 0 aliphatic rings. The van der Waals surface area contributed by atoms with Crippen LogP contribution in [0.5, 0.6) is 17.2 Å². The first-order chi connectivity index (χ1) is 17.9. The molecular formula is C30H28N2O5. The minimum atomic E-state index is -0.446. The Labute approximate surface area is 216 Å². The Balaban J connectivity index is 1.39. The van der Waals surface area contributed by atoms with E-state index in [2.05, 4.69) is 4.98 Å². The van der Waals surface area contributed by atoms with E-state index in [0.717, 1.165) is 33.8 Å². The number of carbonyl (C=O) groups is 2. The molecule has 7 nitrogen and oxygen atoms in total. The summed E-state index contributed by atoms with van der Waals surface area (Å²) in [5, 5.41) is 0. The molecule has 0 bridgehead atoms. The number of methoxy groups -OCH3 is 1. The van der Waals surface area contributed by atoms with Crippen molar-refractivity contribution < 1.29 is 23.8 Å². The van der Waals surface area contributed by atoms with Gasteiger partial charge in [0.25, 0.3) is 0 Å². The minimum absolute atomic E-state index is 0.0581. The smallest absolute Gasteiger partial charge is 0.308 e. The highest BCUT2D eigenvalue weighted by Crippen LogP contribution is 2.28. The third-order valence-electron chi connectivity index (χ3n) is 5.63. The van der Waals surface area contributed by atoms with Crippen molar-refractivity contribution in [3.05, 3.63) is 108 Å². The second-order valence-corrected chi connectivity index (χ2v) is 8.45. The van der Waals surface area contributed by atoms with Gasteiger partial charge in [0, 0.05) is 25.2 Å². The molecule has 0 aliphatic carbocycles. The molecule has 4 rings (SSSR count). The first-order valence-electron chi connectivity index (χ1n) is 11.8. The Morgan fingerprint density at radius 2 is 1.73 bits per heavy atom. The van der Waals surface area contributed by atoms with Gasteiger partial charge in [0.05, 0.1) is 19.1 Å². The first-order valence-corrected chi connectivity index (χ1v) is 11.8. The normalized spacial score (nSPS) is 10.9. The fourth-order valence-corrected chi connectivity index (χ4v) is 3.78. The summed E-state index contributed by atoms with van der Waals surface area (Å²) in [6.07, 6.45) is 7.19. The van der Waals surface area contributed by atoms with Crippen molar-refractivity contribution in [2.75, 3.05) is 7.11 Å². The average molecular weight is 497 g/mol. The Morgan fingerprint density at radius 3 is 2.41 bits per heavy atom.